The number of piperidine rings is 1. The first kappa shape index (κ1) is 9.15. The van der Waals surface area contributed by atoms with Gasteiger partial charge in [0, 0.05) is 25.2 Å². The van der Waals surface area contributed by atoms with Crippen molar-refractivity contribution in [1.82, 2.24) is 15.1 Å². The van der Waals surface area contributed by atoms with Gasteiger partial charge in [-0.1, -0.05) is 0 Å². The summed E-state index contributed by atoms with van der Waals surface area (Å²) in [6.07, 6.45) is 4.78. The summed E-state index contributed by atoms with van der Waals surface area (Å²) in [6, 6.07) is 0. The second-order valence-electron chi connectivity index (χ2n) is 4.39. The first-order chi connectivity index (χ1) is 6.84. The van der Waals surface area contributed by atoms with Crippen LogP contribution in [0, 0.1) is 9.49 Å². The molecular weight excluding hydrogens is 289 g/mol. The number of fused-ring (bicyclic) bond motifs is 2. The summed E-state index contributed by atoms with van der Waals surface area (Å²) in [6.45, 7) is 3.83. The molecule has 0 aromatic carbocycles. The van der Waals surface area contributed by atoms with Crippen molar-refractivity contribution in [2.45, 2.75) is 18.8 Å². The lowest BCUT2D eigenvalue weighted by atomic mass is 9.89. The van der Waals surface area contributed by atoms with Crippen LogP contribution in [0.5, 0.6) is 0 Å². The Morgan fingerprint density at radius 3 is 3.14 bits per heavy atom. The average Bonchev–Trinajstić information content (AvgIpc) is 2.71. The molecule has 3 rings (SSSR count). The molecule has 0 aliphatic carbocycles. The molecule has 3 atom stereocenters. The molecule has 1 aromatic rings. The third-order valence-corrected chi connectivity index (χ3v) is 4.40. The van der Waals surface area contributed by atoms with Crippen LogP contribution in [0.25, 0.3) is 0 Å². The number of nitrogens with zero attached hydrogens (tertiary/aromatic N) is 2. The standard InChI is InChI=1S/C10H14IN3/c11-9-4-12-13-10(9)8-6-14-3-1-2-7(8)5-14/h4,7-8H,1-3,5-6H2,(H,12,13)/t7-,8+/m0/s1. The van der Waals surface area contributed by atoms with Gasteiger partial charge >= 0.3 is 0 Å². The van der Waals surface area contributed by atoms with Crippen LogP contribution in [0.4, 0.5) is 0 Å². The molecule has 3 nitrogen and oxygen atoms in total. The number of hydrogen-bond donors (Lipinski definition) is 1. The molecule has 0 spiro atoms. The van der Waals surface area contributed by atoms with Crippen LogP contribution in [0.15, 0.2) is 6.20 Å². The molecule has 76 valence electrons. The Kier molecular flexibility index (Phi) is 2.28. The highest BCUT2D eigenvalue weighted by molar-refractivity contribution is 14.1. The minimum absolute atomic E-state index is 0.690. The zero-order chi connectivity index (χ0) is 9.54. The predicted molar refractivity (Wildman–Crippen MR) is 63.2 cm³/mol. The van der Waals surface area contributed by atoms with E-state index in [9.17, 15) is 0 Å². The Hall–Kier alpha value is -0.100. The van der Waals surface area contributed by atoms with Crippen LogP contribution in [-0.2, 0) is 0 Å². The summed E-state index contributed by atoms with van der Waals surface area (Å²) in [5.74, 6) is 1.55. The number of halogens is 1. The zero-order valence-electron chi connectivity index (χ0n) is 8.04. The average molecular weight is 303 g/mol. The van der Waals surface area contributed by atoms with Gasteiger partial charge in [-0.25, -0.2) is 0 Å². The quantitative estimate of drug-likeness (QED) is 0.803. The zero-order valence-corrected chi connectivity index (χ0v) is 10.2. The maximum Gasteiger partial charge on any atom is 0.0802 e. The molecule has 2 fully saturated rings. The lowest BCUT2D eigenvalue weighted by Gasteiger charge is -2.21. The van der Waals surface area contributed by atoms with Gasteiger partial charge in [0.25, 0.3) is 0 Å². The van der Waals surface area contributed by atoms with Gasteiger partial charge in [-0.15, -0.1) is 0 Å². The van der Waals surface area contributed by atoms with Crippen LogP contribution in [0.2, 0.25) is 0 Å². The van der Waals surface area contributed by atoms with E-state index in [1.54, 1.807) is 0 Å². The summed E-state index contributed by atoms with van der Waals surface area (Å²) in [4.78, 5) is 2.59. The van der Waals surface area contributed by atoms with Crippen LogP contribution in [0.1, 0.15) is 24.5 Å². The summed E-state index contributed by atoms with van der Waals surface area (Å²) in [5.41, 5.74) is 1.31. The fourth-order valence-corrected chi connectivity index (χ4v) is 3.53. The van der Waals surface area contributed by atoms with Gasteiger partial charge in [-0.3, -0.25) is 5.10 Å². The van der Waals surface area contributed by atoms with Crippen molar-refractivity contribution >= 4 is 22.6 Å². The predicted octanol–water partition coefficient (Wildman–Crippen LogP) is 1.82. The second-order valence-corrected chi connectivity index (χ2v) is 5.55. The minimum atomic E-state index is 0.690. The highest BCUT2D eigenvalue weighted by Crippen LogP contribution is 2.39. The van der Waals surface area contributed by atoms with Gasteiger partial charge in [-0.05, 0) is 47.9 Å². The van der Waals surface area contributed by atoms with E-state index in [-0.39, 0.29) is 0 Å². The van der Waals surface area contributed by atoms with Crippen LogP contribution < -0.4 is 0 Å². The summed E-state index contributed by atoms with van der Waals surface area (Å²) in [7, 11) is 0. The fraction of sp³-hybridized carbons (Fsp3) is 0.700. The number of aromatic nitrogens is 2. The smallest absolute Gasteiger partial charge is 0.0802 e. The van der Waals surface area contributed by atoms with Gasteiger partial charge < -0.3 is 4.90 Å². The molecular formula is C10H14IN3. The topological polar surface area (TPSA) is 31.9 Å². The monoisotopic (exact) mass is 303 g/mol. The van der Waals surface area contributed by atoms with E-state index in [4.69, 9.17) is 0 Å². The summed E-state index contributed by atoms with van der Waals surface area (Å²) < 4.78 is 1.31. The third kappa shape index (κ3) is 1.39. The Bertz CT molecular complexity index is 336. The number of nitrogens with one attached hydrogen (secondary N) is 1. The Morgan fingerprint density at radius 1 is 1.50 bits per heavy atom. The summed E-state index contributed by atoms with van der Waals surface area (Å²) in [5, 5.41) is 7.38. The van der Waals surface area contributed by atoms with Crippen LogP contribution >= 0.6 is 22.6 Å². The highest BCUT2D eigenvalue weighted by atomic mass is 127. The Morgan fingerprint density at radius 2 is 2.43 bits per heavy atom. The van der Waals surface area contributed by atoms with Crippen molar-refractivity contribution in [1.29, 1.82) is 0 Å². The van der Waals surface area contributed by atoms with E-state index in [0.29, 0.717) is 5.92 Å². The van der Waals surface area contributed by atoms with Crippen molar-refractivity contribution in [3.63, 3.8) is 0 Å². The SMILES string of the molecule is Ic1c[nH]nc1[C@@H]1CN2CCC[C@H]1C2. The number of H-pyrrole nitrogens is 1. The molecule has 0 radical (unpaired) electrons. The molecule has 1 N–H and O–H groups in total. The van der Waals surface area contributed by atoms with Crippen LogP contribution in [-0.4, -0.2) is 34.7 Å². The molecule has 2 aliphatic heterocycles. The molecule has 0 amide bonds. The van der Waals surface area contributed by atoms with Gasteiger partial charge in [0.15, 0.2) is 0 Å². The Balaban J connectivity index is 1.89. The van der Waals surface area contributed by atoms with E-state index in [1.165, 1.54) is 41.7 Å². The van der Waals surface area contributed by atoms with E-state index in [0.717, 1.165) is 5.92 Å². The molecule has 2 aliphatic rings. The maximum atomic E-state index is 4.40. The number of hydrogen-bond acceptors (Lipinski definition) is 2. The largest absolute Gasteiger partial charge is 0.302 e. The van der Waals surface area contributed by atoms with Crippen molar-refractivity contribution in [2.24, 2.45) is 5.92 Å². The van der Waals surface area contributed by atoms with E-state index in [2.05, 4.69) is 37.7 Å². The van der Waals surface area contributed by atoms with E-state index >= 15 is 0 Å². The molecule has 1 unspecified atom stereocenters. The van der Waals surface area contributed by atoms with Gasteiger partial charge in [0.05, 0.1) is 9.26 Å². The van der Waals surface area contributed by atoms with E-state index < -0.39 is 0 Å². The molecule has 0 saturated carbocycles. The minimum Gasteiger partial charge on any atom is -0.302 e. The molecule has 2 bridgehead atoms. The van der Waals surface area contributed by atoms with E-state index in [1.807, 2.05) is 6.20 Å². The molecule has 1 aromatic heterocycles. The van der Waals surface area contributed by atoms with Gasteiger partial charge in [0.1, 0.15) is 0 Å². The normalized spacial score (nSPS) is 36.2. The fourth-order valence-electron chi connectivity index (χ4n) is 2.87. The Labute approximate surface area is 97.4 Å². The van der Waals surface area contributed by atoms with Gasteiger partial charge in [-0.2, -0.15) is 5.10 Å². The lowest BCUT2D eigenvalue weighted by molar-refractivity contribution is 0.269. The molecule has 14 heavy (non-hydrogen) atoms. The van der Waals surface area contributed by atoms with Crippen molar-refractivity contribution in [2.75, 3.05) is 19.6 Å². The lowest BCUT2D eigenvalue weighted by Crippen LogP contribution is -2.25. The van der Waals surface area contributed by atoms with Crippen molar-refractivity contribution < 1.29 is 0 Å². The molecule has 4 heteroatoms. The first-order valence-corrected chi connectivity index (χ1v) is 6.34. The molecule has 3 heterocycles. The van der Waals surface area contributed by atoms with Crippen LogP contribution in [0.3, 0.4) is 0 Å². The van der Waals surface area contributed by atoms with Crippen molar-refractivity contribution in [3.05, 3.63) is 15.5 Å². The maximum absolute atomic E-state index is 4.40. The van der Waals surface area contributed by atoms with Crippen molar-refractivity contribution in [3.8, 4) is 0 Å². The first-order valence-electron chi connectivity index (χ1n) is 5.26. The molecule has 2 saturated heterocycles. The highest BCUT2D eigenvalue weighted by Gasteiger charge is 2.38. The second kappa shape index (κ2) is 3.48. The number of rotatable bonds is 1. The summed E-state index contributed by atoms with van der Waals surface area (Å²) >= 11 is 2.39. The third-order valence-electron chi connectivity index (χ3n) is 3.54. The van der Waals surface area contributed by atoms with Gasteiger partial charge in [0.2, 0.25) is 0 Å². The number of aromatic amines is 1.